The van der Waals surface area contributed by atoms with Gasteiger partial charge in [-0.15, -0.1) is 0 Å². The van der Waals surface area contributed by atoms with Crippen molar-refractivity contribution in [3.05, 3.63) is 57.4 Å². The zero-order valence-corrected chi connectivity index (χ0v) is 12.4. The van der Waals surface area contributed by atoms with Gasteiger partial charge in [0.25, 0.3) is 5.69 Å². The molecule has 8 heteroatoms. The van der Waals surface area contributed by atoms with Crippen molar-refractivity contribution in [1.82, 2.24) is 4.98 Å². The Labute approximate surface area is 131 Å². The molecular weight excluding hydrogens is 302 g/mol. The van der Waals surface area contributed by atoms with Gasteiger partial charge in [-0.3, -0.25) is 15.1 Å². The average molecular weight is 315 g/mol. The molecule has 0 saturated carbocycles. The van der Waals surface area contributed by atoms with Crippen molar-refractivity contribution in [3.63, 3.8) is 0 Å². The van der Waals surface area contributed by atoms with Gasteiger partial charge < -0.3 is 10.5 Å². The maximum absolute atomic E-state index is 12.1. The molecule has 8 nitrogen and oxygen atoms in total. The molecule has 1 aromatic carbocycles. The van der Waals surface area contributed by atoms with E-state index in [1.165, 1.54) is 18.2 Å². The van der Waals surface area contributed by atoms with Crippen LogP contribution >= 0.6 is 0 Å². The third-order valence-corrected chi connectivity index (χ3v) is 3.09. The monoisotopic (exact) mass is 315 g/mol. The first-order valence-corrected chi connectivity index (χ1v) is 6.54. The number of amides is 1. The van der Waals surface area contributed by atoms with Crippen LogP contribution in [0.2, 0.25) is 0 Å². The predicted molar refractivity (Wildman–Crippen MR) is 80.8 cm³/mol. The lowest BCUT2D eigenvalue weighted by Gasteiger charge is -2.12. The lowest BCUT2D eigenvalue weighted by Crippen LogP contribution is -2.20. The van der Waals surface area contributed by atoms with Gasteiger partial charge >= 0.3 is 12.1 Å². The summed E-state index contributed by atoms with van der Waals surface area (Å²) in [4.78, 5) is 37.5. The Hall–Kier alpha value is -3.29. The largest absolute Gasteiger partial charge is 0.412 e. The van der Waals surface area contributed by atoms with E-state index in [1.807, 2.05) is 0 Å². The molecule has 1 aromatic heterocycles. The van der Waals surface area contributed by atoms with Gasteiger partial charge in [-0.2, -0.15) is 0 Å². The van der Waals surface area contributed by atoms with Gasteiger partial charge in [0, 0.05) is 23.4 Å². The molecule has 118 valence electrons. The third-order valence-electron chi connectivity index (χ3n) is 3.09. The molecule has 0 aliphatic carbocycles. The zero-order valence-electron chi connectivity index (χ0n) is 12.4. The number of nitro groups is 1. The molecule has 0 bridgehead atoms. The van der Waals surface area contributed by atoms with Crippen molar-refractivity contribution in [2.24, 2.45) is 5.73 Å². The molecular formula is C15H13N3O5. The standard InChI is InChI=1S/C15H13N3O5/c1-8-6-12(10-4-3-5-11(7-10)18(21)22)13(9(2)17-8)14(19)23-15(16)20/h3-7H,1-2H3,(H2,16,20). The van der Waals surface area contributed by atoms with Gasteiger partial charge in [0.15, 0.2) is 0 Å². The van der Waals surface area contributed by atoms with Gasteiger partial charge in [-0.25, -0.2) is 9.59 Å². The summed E-state index contributed by atoms with van der Waals surface area (Å²) in [6.07, 6.45) is -1.24. The fourth-order valence-electron chi connectivity index (χ4n) is 2.24. The number of benzene rings is 1. The predicted octanol–water partition coefficient (Wildman–Crippen LogP) is 2.51. The number of ether oxygens (including phenoxy) is 1. The fourth-order valence-corrected chi connectivity index (χ4v) is 2.24. The number of nitro benzene ring substituents is 1. The molecule has 0 aliphatic rings. The molecule has 2 N–H and O–H groups in total. The molecule has 2 aromatic rings. The number of nitrogens with zero attached hydrogens (tertiary/aromatic N) is 2. The van der Waals surface area contributed by atoms with E-state index in [-0.39, 0.29) is 11.3 Å². The summed E-state index contributed by atoms with van der Waals surface area (Å²) in [6.45, 7) is 3.29. The van der Waals surface area contributed by atoms with Crippen molar-refractivity contribution in [3.8, 4) is 11.1 Å². The van der Waals surface area contributed by atoms with Gasteiger partial charge in [0.05, 0.1) is 16.2 Å². The first-order chi connectivity index (χ1) is 10.8. The second kappa shape index (κ2) is 6.22. The van der Waals surface area contributed by atoms with E-state index in [1.54, 1.807) is 26.0 Å². The Kier molecular flexibility index (Phi) is 4.35. The summed E-state index contributed by atoms with van der Waals surface area (Å²) < 4.78 is 4.42. The molecule has 0 unspecified atom stereocenters. The molecule has 1 heterocycles. The second-order valence-corrected chi connectivity index (χ2v) is 4.79. The van der Waals surface area contributed by atoms with Crippen LogP contribution < -0.4 is 5.73 Å². The van der Waals surface area contributed by atoms with Crippen LogP contribution in [0.3, 0.4) is 0 Å². The minimum atomic E-state index is -1.24. The molecule has 0 radical (unpaired) electrons. The Bertz CT molecular complexity index is 817. The van der Waals surface area contributed by atoms with Gasteiger partial charge in [-0.1, -0.05) is 12.1 Å². The SMILES string of the molecule is Cc1cc(-c2cccc([N+](=O)[O-])c2)c(C(=O)OC(N)=O)c(C)n1. The number of hydrogen-bond donors (Lipinski definition) is 1. The highest BCUT2D eigenvalue weighted by molar-refractivity contribution is 6.02. The molecule has 2 rings (SSSR count). The third kappa shape index (κ3) is 3.49. The van der Waals surface area contributed by atoms with E-state index < -0.39 is 17.0 Å². The van der Waals surface area contributed by atoms with Gasteiger partial charge in [-0.05, 0) is 25.5 Å². The number of aryl methyl sites for hydroxylation is 2. The van der Waals surface area contributed by atoms with Crippen molar-refractivity contribution >= 4 is 17.7 Å². The van der Waals surface area contributed by atoms with Crippen LogP contribution in [0.25, 0.3) is 11.1 Å². The fraction of sp³-hybridized carbons (Fsp3) is 0.133. The number of nitrogens with two attached hydrogens (primary N) is 1. The van der Waals surface area contributed by atoms with E-state index in [2.05, 4.69) is 9.72 Å². The van der Waals surface area contributed by atoms with Crippen LogP contribution in [0.5, 0.6) is 0 Å². The number of aromatic nitrogens is 1. The topological polar surface area (TPSA) is 125 Å². The zero-order chi connectivity index (χ0) is 17.1. The highest BCUT2D eigenvalue weighted by Gasteiger charge is 2.21. The van der Waals surface area contributed by atoms with Gasteiger partial charge in [0.1, 0.15) is 0 Å². The quantitative estimate of drug-likeness (QED) is 0.401. The van der Waals surface area contributed by atoms with Crippen LogP contribution in [0.15, 0.2) is 30.3 Å². The molecule has 0 fully saturated rings. The molecule has 0 spiro atoms. The summed E-state index contributed by atoms with van der Waals surface area (Å²) in [5, 5.41) is 10.9. The Balaban J connectivity index is 2.66. The van der Waals surface area contributed by atoms with Crippen LogP contribution in [0.4, 0.5) is 10.5 Å². The highest BCUT2D eigenvalue weighted by Crippen LogP contribution is 2.29. The minimum Gasteiger partial charge on any atom is -0.373 e. The number of pyridine rings is 1. The van der Waals surface area contributed by atoms with Crippen molar-refractivity contribution in [1.29, 1.82) is 0 Å². The first-order valence-electron chi connectivity index (χ1n) is 6.54. The number of hydrogen-bond acceptors (Lipinski definition) is 6. The second-order valence-electron chi connectivity index (χ2n) is 4.79. The van der Waals surface area contributed by atoms with Gasteiger partial charge in [0.2, 0.25) is 0 Å². The van der Waals surface area contributed by atoms with Crippen molar-refractivity contribution in [2.45, 2.75) is 13.8 Å². The maximum Gasteiger partial charge on any atom is 0.412 e. The van der Waals surface area contributed by atoms with E-state index in [9.17, 15) is 19.7 Å². The van der Waals surface area contributed by atoms with Crippen molar-refractivity contribution in [2.75, 3.05) is 0 Å². The maximum atomic E-state index is 12.1. The number of carbonyl (C=O) groups excluding carboxylic acids is 2. The molecule has 23 heavy (non-hydrogen) atoms. The minimum absolute atomic E-state index is 0.0369. The van der Waals surface area contributed by atoms with E-state index in [4.69, 9.17) is 5.73 Å². The van der Waals surface area contributed by atoms with Crippen LogP contribution in [0, 0.1) is 24.0 Å². The Morgan fingerprint density at radius 2 is 1.96 bits per heavy atom. The summed E-state index contributed by atoms with van der Waals surface area (Å²) >= 11 is 0. The first kappa shape index (κ1) is 16.1. The van der Waals surface area contributed by atoms with E-state index >= 15 is 0 Å². The smallest absolute Gasteiger partial charge is 0.373 e. The molecule has 0 aliphatic heterocycles. The normalized spacial score (nSPS) is 10.2. The molecule has 0 saturated heterocycles. The van der Waals surface area contributed by atoms with E-state index in [0.717, 1.165) is 0 Å². The summed E-state index contributed by atoms with van der Waals surface area (Å²) in [5.74, 6) is -0.955. The Morgan fingerprint density at radius 3 is 2.57 bits per heavy atom. The number of carbonyl (C=O) groups is 2. The number of primary amides is 1. The highest BCUT2D eigenvalue weighted by atomic mass is 16.6. The summed E-state index contributed by atoms with van der Waals surface area (Å²) in [5.41, 5.74) is 6.54. The lowest BCUT2D eigenvalue weighted by atomic mass is 9.98. The van der Waals surface area contributed by atoms with Crippen LogP contribution in [-0.2, 0) is 4.74 Å². The molecule has 0 atom stereocenters. The van der Waals surface area contributed by atoms with Crippen LogP contribution in [-0.4, -0.2) is 22.0 Å². The van der Waals surface area contributed by atoms with Crippen molar-refractivity contribution < 1.29 is 19.2 Å². The van der Waals surface area contributed by atoms with Crippen LogP contribution in [0.1, 0.15) is 21.7 Å². The molecule has 1 amide bonds. The Morgan fingerprint density at radius 1 is 1.26 bits per heavy atom. The summed E-state index contributed by atoms with van der Waals surface area (Å²) in [7, 11) is 0. The van der Waals surface area contributed by atoms with E-state index in [0.29, 0.717) is 22.5 Å². The number of non-ortho nitro benzene ring substituents is 1. The lowest BCUT2D eigenvalue weighted by molar-refractivity contribution is -0.384. The summed E-state index contributed by atoms with van der Waals surface area (Å²) in [6, 6.07) is 7.37. The number of rotatable bonds is 3. The number of esters is 1. The average Bonchev–Trinajstić information content (AvgIpc) is 2.45.